The summed E-state index contributed by atoms with van der Waals surface area (Å²) >= 11 is 0. The van der Waals surface area contributed by atoms with Crippen LogP contribution in [0.1, 0.15) is 18.7 Å². The van der Waals surface area contributed by atoms with E-state index < -0.39 is 0 Å². The minimum atomic E-state index is 0.461. The van der Waals surface area contributed by atoms with Crippen molar-refractivity contribution in [1.29, 1.82) is 0 Å². The van der Waals surface area contributed by atoms with E-state index in [9.17, 15) is 0 Å². The highest BCUT2D eigenvalue weighted by atomic mass is 16.4. The molecule has 2 aliphatic heterocycles. The van der Waals surface area contributed by atoms with Gasteiger partial charge in [-0.15, -0.1) is 10.2 Å². The van der Waals surface area contributed by atoms with Crippen LogP contribution in [0.5, 0.6) is 0 Å². The van der Waals surface area contributed by atoms with Gasteiger partial charge < -0.3 is 14.2 Å². The Morgan fingerprint density at radius 1 is 1.35 bits per heavy atom. The van der Waals surface area contributed by atoms with Crippen molar-refractivity contribution >= 4 is 0 Å². The second kappa shape index (κ2) is 5.03. The highest BCUT2D eigenvalue weighted by molar-refractivity contribution is 5.42. The highest BCUT2D eigenvalue weighted by Crippen LogP contribution is 2.28. The predicted molar refractivity (Wildman–Crippen MR) is 71.8 cm³/mol. The Balaban J connectivity index is 1.48. The second-order valence-corrected chi connectivity index (χ2v) is 5.58. The molecule has 2 saturated heterocycles. The van der Waals surface area contributed by atoms with E-state index in [1.54, 1.807) is 6.26 Å². The third-order valence-electron chi connectivity index (χ3n) is 4.33. The number of piperidine rings is 1. The molecular weight excluding hydrogens is 256 g/mol. The van der Waals surface area contributed by atoms with Gasteiger partial charge in [0.15, 0.2) is 5.76 Å². The molecule has 1 N–H and O–H groups in total. The van der Waals surface area contributed by atoms with Gasteiger partial charge in [-0.2, -0.15) is 0 Å². The molecule has 0 radical (unpaired) electrons. The molecule has 0 amide bonds. The van der Waals surface area contributed by atoms with Crippen LogP contribution < -0.4 is 5.32 Å². The standard InChI is InChI=1S/C14H18N4O2/c1-3-10-7-15-8-11(10)18(5-1)9-13-16-17-14(20-13)12-4-2-6-19-12/h2,4,6,10-11,15H,1,3,5,7-9H2. The fraction of sp³-hybridized carbons (Fsp3) is 0.571. The van der Waals surface area contributed by atoms with E-state index in [1.807, 2.05) is 12.1 Å². The minimum absolute atomic E-state index is 0.461. The largest absolute Gasteiger partial charge is 0.459 e. The fourth-order valence-corrected chi connectivity index (χ4v) is 3.35. The number of aromatic nitrogens is 2. The molecule has 0 aromatic carbocycles. The third kappa shape index (κ3) is 2.14. The van der Waals surface area contributed by atoms with Crippen molar-refractivity contribution in [3.63, 3.8) is 0 Å². The average molecular weight is 274 g/mol. The maximum Gasteiger partial charge on any atom is 0.283 e. The van der Waals surface area contributed by atoms with Crippen molar-refractivity contribution < 1.29 is 8.83 Å². The van der Waals surface area contributed by atoms with Gasteiger partial charge in [0.25, 0.3) is 5.89 Å². The van der Waals surface area contributed by atoms with Gasteiger partial charge in [0.05, 0.1) is 12.8 Å². The molecule has 2 unspecified atom stereocenters. The Hall–Kier alpha value is -1.66. The topological polar surface area (TPSA) is 67.3 Å². The molecule has 6 heteroatoms. The zero-order valence-corrected chi connectivity index (χ0v) is 11.3. The first-order valence-electron chi connectivity index (χ1n) is 7.21. The number of likely N-dealkylation sites (tertiary alicyclic amines) is 1. The molecule has 2 atom stereocenters. The zero-order chi connectivity index (χ0) is 13.4. The van der Waals surface area contributed by atoms with Crippen LogP contribution in [0.15, 0.2) is 27.2 Å². The van der Waals surface area contributed by atoms with Gasteiger partial charge in [-0.25, -0.2) is 0 Å². The summed E-state index contributed by atoms with van der Waals surface area (Å²) < 4.78 is 11.0. The van der Waals surface area contributed by atoms with Gasteiger partial charge in [-0.1, -0.05) is 0 Å². The van der Waals surface area contributed by atoms with Crippen LogP contribution in [0.3, 0.4) is 0 Å². The number of hydrogen-bond donors (Lipinski definition) is 1. The Morgan fingerprint density at radius 2 is 2.35 bits per heavy atom. The summed E-state index contributed by atoms with van der Waals surface area (Å²) in [7, 11) is 0. The summed E-state index contributed by atoms with van der Waals surface area (Å²) in [5, 5.41) is 11.7. The Kier molecular flexibility index (Phi) is 3.05. The summed E-state index contributed by atoms with van der Waals surface area (Å²) in [6.07, 6.45) is 4.19. The lowest BCUT2D eigenvalue weighted by atomic mass is 9.92. The number of hydrogen-bond acceptors (Lipinski definition) is 6. The van der Waals surface area contributed by atoms with Gasteiger partial charge in [0.2, 0.25) is 5.89 Å². The third-order valence-corrected chi connectivity index (χ3v) is 4.33. The molecule has 0 spiro atoms. The van der Waals surface area contributed by atoms with E-state index in [-0.39, 0.29) is 0 Å². The van der Waals surface area contributed by atoms with Crippen molar-refractivity contribution in [2.75, 3.05) is 19.6 Å². The molecular formula is C14H18N4O2. The molecule has 20 heavy (non-hydrogen) atoms. The van der Waals surface area contributed by atoms with Crippen LogP contribution >= 0.6 is 0 Å². The maximum atomic E-state index is 5.70. The SMILES string of the molecule is c1coc(-c2nnc(CN3CCCC4CNCC43)o2)c1. The Morgan fingerprint density at radius 3 is 3.25 bits per heavy atom. The van der Waals surface area contributed by atoms with Gasteiger partial charge in [0, 0.05) is 12.6 Å². The normalized spacial score (nSPS) is 26.8. The molecule has 106 valence electrons. The van der Waals surface area contributed by atoms with E-state index in [0.717, 1.165) is 32.1 Å². The van der Waals surface area contributed by atoms with Crippen LogP contribution in [0, 0.1) is 5.92 Å². The number of nitrogens with one attached hydrogen (secondary N) is 1. The molecule has 0 bridgehead atoms. The number of fused-ring (bicyclic) bond motifs is 1. The molecule has 2 aromatic heterocycles. The number of rotatable bonds is 3. The molecule has 2 aromatic rings. The first kappa shape index (κ1) is 12.1. The Bertz CT molecular complexity index is 566. The molecule has 0 saturated carbocycles. The van der Waals surface area contributed by atoms with Crippen LogP contribution in [0.2, 0.25) is 0 Å². The fourth-order valence-electron chi connectivity index (χ4n) is 3.35. The molecule has 6 nitrogen and oxygen atoms in total. The van der Waals surface area contributed by atoms with E-state index >= 15 is 0 Å². The molecule has 2 aliphatic rings. The van der Waals surface area contributed by atoms with Gasteiger partial charge in [-0.05, 0) is 44.0 Å². The molecule has 2 fully saturated rings. The van der Waals surface area contributed by atoms with Gasteiger partial charge >= 0.3 is 0 Å². The molecule has 4 rings (SSSR count). The summed E-state index contributed by atoms with van der Waals surface area (Å²) in [5.41, 5.74) is 0. The monoisotopic (exact) mass is 274 g/mol. The summed E-state index contributed by atoms with van der Waals surface area (Å²) in [5.74, 6) is 2.53. The minimum Gasteiger partial charge on any atom is -0.459 e. The summed E-state index contributed by atoms with van der Waals surface area (Å²) in [6.45, 7) is 4.06. The summed E-state index contributed by atoms with van der Waals surface area (Å²) in [6, 6.07) is 4.26. The predicted octanol–water partition coefficient (Wildman–Crippen LogP) is 1.51. The van der Waals surface area contributed by atoms with Crippen LogP contribution in [0.25, 0.3) is 11.7 Å². The lowest BCUT2D eigenvalue weighted by Gasteiger charge is -2.35. The average Bonchev–Trinajstić information content (AvgIpc) is 3.20. The smallest absolute Gasteiger partial charge is 0.283 e. The first-order valence-corrected chi connectivity index (χ1v) is 7.21. The number of nitrogens with zero attached hydrogens (tertiary/aromatic N) is 3. The zero-order valence-electron chi connectivity index (χ0n) is 11.3. The maximum absolute atomic E-state index is 5.70. The van der Waals surface area contributed by atoms with E-state index in [4.69, 9.17) is 8.83 Å². The molecule has 4 heterocycles. The Labute approximate surface area is 117 Å². The van der Waals surface area contributed by atoms with Crippen molar-refractivity contribution in [2.24, 2.45) is 5.92 Å². The quantitative estimate of drug-likeness (QED) is 0.915. The van der Waals surface area contributed by atoms with E-state index in [2.05, 4.69) is 20.4 Å². The van der Waals surface area contributed by atoms with Crippen LogP contribution in [-0.4, -0.2) is 40.8 Å². The van der Waals surface area contributed by atoms with Gasteiger partial charge in [0.1, 0.15) is 0 Å². The van der Waals surface area contributed by atoms with Crippen LogP contribution in [0.4, 0.5) is 0 Å². The van der Waals surface area contributed by atoms with Crippen molar-refractivity contribution in [3.05, 3.63) is 24.3 Å². The lowest BCUT2D eigenvalue weighted by molar-refractivity contribution is 0.107. The molecule has 0 aliphatic carbocycles. The van der Waals surface area contributed by atoms with E-state index in [0.29, 0.717) is 23.6 Å². The second-order valence-electron chi connectivity index (χ2n) is 5.58. The van der Waals surface area contributed by atoms with Crippen molar-refractivity contribution in [1.82, 2.24) is 20.4 Å². The van der Waals surface area contributed by atoms with Gasteiger partial charge in [-0.3, -0.25) is 4.90 Å². The number of furan rings is 1. The summed E-state index contributed by atoms with van der Waals surface area (Å²) in [4.78, 5) is 2.47. The van der Waals surface area contributed by atoms with Crippen LogP contribution in [-0.2, 0) is 6.54 Å². The lowest BCUT2D eigenvalue weighted by Crippen LogP contribution is -2.44. The van der Waals surface area contributed by atoms with E-state index in [1.165, 1.54) is 12.8 Å². The highest BCUT2D eigenvalue weighted by Gasteiger charge is 2.35. The van der Waals surface area contributed by atoms with Crippen molar-refractivity contribution in [3.8, 4) is 11.7 Å². The first-order chi connectivity index (χ1) is 9.90. The van der Waals surface area contributed by atoms with Crippen molar-refractivity contribution in [2.45, 2.75) is 25.4 Å².